The second kappa shape index (κ2) is 6.44. The highest BCUT2D eigenvalue weighted by Crippen LogP contribution is 2.40. The van der Waals surface area contributed by atoms with Crippen LogP contribution in [0.5, 0.6) is 0 Å². The third-order valence-corrected chi connectivity index (χ3v) is 3.64. The van der Waals surface area contributed by atoms with Gasteiger partial charge in [-0.25, -0.2) is 9.59 Å². The van der Waals surface area contributed by atoms with Crippen molar-refractivity contribution in [1.82, 2.24) is 5.32 Å². The number of hydrogen-bond donors (Lipinski definition) is 2. The van der Waals surface area contributed by atoms with Crippen LogP contribution in [0, 0.1) is 0 Å². The summed E-state index contributed by atoms with van der Waals surface area (Å²) in [4.78, 5) is 24.0. The lowest BCUT2D eigenvalue weighted by Gasteiger charge is -2.26. The summed E-state index contributed by atoms with van der Waals surface area (Å²) in [5.41, 5.74) is 4.52. The van der Waals surface area contributed by atoms with Crippen LogP contribution in [0.1, 0.15) is 48.0 Å². The van der Waals surface area contributed by atoms with Crippen molar-refractivity contribution in [3.63, 3.8) is 0 Å². The molecule has 0 saturated carbocycles. The van der Waals surface area contributed by atoms with Gasteiger partial charge in [-0.2, -0.15) is 0 Å². The maximum atomic E-state index is 12.2. The molecule has 7 heteroatoms. The molecule has 21 heavy (non-hydrogen) atoms. The monoisotopic (exact) mass is 318 g/mol. The Hall–Kier alpha value is -0.950. The molecule has 1 aliphatic heterocycles. The fourth-order valence-electron chi connectivity index (χ4n) is 1.62. The molecule has 1 heterocycles. The van der Waals surface area contributed by atoms with Gasteiger partial charge in [-0.3, -0.25) is 0 Å². The number of carbonyl (C=O) groups is 2. The summed E-state index contributed by atoms with van der Waals surface area (Å²) in [7, 11) is 0. The Morgan fingerprint density at radius 3 is 2.00 bits per heavy atom. The number of carbonyl (C=O) groups excluding carboxylic acids is 2. The first-order valence-electron chi connectivity index (χ1n) is 7.01. The maximum absolute atomic E-state index is 12.2. The standard InChI is InChI=1S/C14H26N2O4S/c1-13(2,3)19-11(17)8(7-9-10(15)21-9)16-12(18)20-14(4,5)6/h8-10H,7,15H2,1-6H3,(H,16,18)/t8-,9?,10?/m0/s1. The minimum atomic E-state index is -0.745. The summed E-state index contributed by atoms with van der Waals surface area (Å²) in [6.45, 7) is 10.7. The molecule has 0 bridgehead atoms. The zero-order valence-electron chi connectivity index (χ0n) is 13.6. The van der Waals surface area contributed by atoms with E-state index < -0.39 is 29.3 Å². The highest BCUT2D eigenvalue weighted by atomic mass is 32.2. The quantitative estimate of drug-likeness (QED) is 0.609. The Labute approximate surface area is 130 Å². The molecule has 0 aliphatic carbocycles. The van der Waals surface area contributed by atoms with Crippen LogP contribution >= 0.6 is 11.8 Å². The Morgan fingerprint density at radius 2 is 1.62 bits per heavy atom. The molecule has 1 aliphatic rings. The topological polar surface area (TPSA) is 90.6 Å². The van der Waals surface area contributed by atoms with E-state index in [4.69, 9.17) is 15.2 Å². The number of thioether (sulfide) groups is 1. The number of rotatable bonds is 4. The third kappa shape index (κ3) is 7.57. The van der Waals surface area contributed by atoms with Crippen molar-refractivity contribution >= 4 is 23.8 Å². The first kappa shape index (κ1) is 18.1. The summed E-state index contributed by atoms with van der Waals surface area (Å²) < 4.78 is 10.5. The second-order valence-corrected chi connectivity index (χ2v) is 8.53. The van der Waals surface area contributed by atoms with Gasteiger partial charge in [-0.05, 0) is 48.0 Å². The van der Waals surface area contributed by atoms with Gasteiger partial charge in [-0.15, -0.1) is 11.8 Å². The highest BCUT2D eigenvalue weighted by molar-refractivity contribution is 8.07. The molecule has 6 nitrogen and oxygen atoms in total. The van der Waals surface area contributed by atoms with Gasteiger partial charge in [0.05, 0.1) is 5.37 Å². The molecule has 0 aromatic rings. The number of amides is 1. The number of nitrogens with one attached hydrogen (secondary N) is 1. The molecule has 1 fully saturated rings. The maximum Gasteiger partial charge on any atom is 0.408 e. The lowest BCUT2D eigenvalue weighted by Crippen LogP contribution is -2.46. The number of nitrogens with two attached hydrogens (primary N) is 1. The summed E-state index contributed by atoms with van der Waals surface area (Å²) in [5, 5.41) is 2.77. The lowest BCUT2D eigenvalue weighted by atomic mass is 10.1. The molecule has 3 N–H and O–H groups in total. The van der Waals surface area contributed by atoms with Gasteiger partial charge in [0.1, 0.15) is 17.2 Å². The third-order valence-electron chi connectivity index (χ3n) is 2.47. The van der Waals surface area contributed by atoms with Crippen molar-refractivity contribution in [3.05, 3.63) is 0 Å². The summed E-state index contributed by atoms with van der Waals surface area (Å²) in [6.07, 6.45) is -0.183. The van der Waals surface area contributed by atoms with Crippen LogP contribution in [-0.4, -0.2) is 39.9 Å². The molecular weight excluding hydrogens is 292 g/mol. The van der Waals surface area contributed by atoms with Crippen molar-refractivity contribution in [3.8, 4) is 0 Å². The predicted molar refractivity (Wildman–Crippen MR) is 83.0 cm³/mol. The SMILES string of the molecule is CC(C)(C)OC(=O)N[C@@H](CC1SC1N)C(=O)OC(C)(C)C. The minimum absolute atomic E-state index is 0.0235. The van der Waals surface area contributed by atoms with E-state index >= 15 is 0 Å². The van der Waals surface area contributed by atoms with Crippen molar-refractivity contribution in [2.75, 3.05) is 0 Å². The van der Waals surface area contributed by atoms with Crippen LogP contribution in [0.3, 0.4) is 0 Å². The molecule has 122 valence electrons. The van der Waals surface area contributed by atoms with Crippen LogP contribution in [0.25, 0.3) is 0 Å². The molecule has 0 aromatic carbocycles. The van der Waals surface area contributed by atoms with Crippen LogP contribution in [-0.2, 0) is 14.3 Å². The van der Waals surface area contributed by atoms with E-state index in [9.17, 15) is 9.59 Å². The summed E-state index contributed by atoms with van der Waals surface area (Å²) >= 11 is 1.57. The number of hydrogen-bond acceptors (Lipinski definition) is 6. The number of alkyl carbamates (subject to hydrolysis) is 1. The number of ether oxygens (including phenoxy) is 2. The molecule has 1 saturated heterocycles. The molecule has 0 radical (unpaired) electrons. The van der Waals surface area contributed by atoms with Gasteiger partial charge < -0.3 is 20.5 Å². The van der Waals surface area contributed by atoms with Crippen molar-refractivity contribution in [2.45, 2.75) is 75.8 Å². The molecule has 3 atom stereocenters. The smallest absolute Gasteiger partial charge is 0.408 e. The van der Waals surface area contributed by atoms with Gasteiger partial charge in [0.15, 0.2) is 0 Å². The molecule has 0 spiro atoms. The van der Waals surface area contributed by atoms with Crippen LogP contribution in [0.2, 0.25) is 0 Å². The summed E-state index contributed by atoms with van der Waals surface area (Å²) in [5.74, 6) is -0.465. The Bertz CT molecular complexity index is 401. The van der Waals surface area contributed by atoms with Gasteiger partial charge in [0.2, 0.25) is 0 Å². The van der Waals surface area contributed by atoms with Crippen LogP contribution in [0.4, 0.5) is 4.79 Å². The second-order valence-electron chi connectivity index (χ2n) is 7.11. The average Bonchev–Trinajstić information content (AvgIpc) is 2.87. The van der Waals surface area contributed by atoms with E-state index in [1.54, 1.807) is 53.3 Å². The van der Waals surface area contributed by atoms with E-state index in [1.807, 2.05) is 0 Å². The van der Waals surface area contributed by atoms with E-state index in [-0.39, 0.29) is 10.6 Å². The summed E-state index contributed by atoms with van der Waals surface area (Å²) in [6, 6.07) is -0.745. The van der Waals surface area contributed by atoms with Gasteiger partial charge in [0, 0.05) is 5.25 Å². The Morgan fingerprint density at radius 1 is 1.14 bits per heavy atom. The van der Waals surface area contributed by atoms with Gasteiger partial charge >= 0.3 is 12.1 Å². The van der Waals surface area contributed by atoms with E-state index in [2.05, 4.69) is 5.32 Å². The van der Waals surface area contributed by atoms with Crippen LogP contribution < -0.4 is 11.1 Å². The van der Waals surface area contributed by atoms with Crippen molar-refractivity contribution < 1.29 is 19.1 Å². The van der Waals surface area contributed by atoms with Crippen molar-refractivity contribution in [2.24, 2.45) is 5.73 Å². The van der Waals surface area contributed by atoms with Gasteiger partial charge in [0.25, 0.3) is 0 Å². The normalized spacial score (nSPS) is 23.2. The van der Waals surface area contributed by atoms with Crippen molar-refractivity contribution in [1.29, 1.82) is 0 Å². The number of esters is 1. The molecule has 2 unspecified atom stereocenters. The Balaban J connectivity index is 2.64. The first-order chi connectivity index (χ1) is 9.37. The zero-order valence-corrected chi connectivity index (χ0v) is 14.4. The minimum Gasteiger partial charge on any atom is -0.458 e. The van der Waals surface area contributed by atoms with Gasteiger partial charge in [-0.1, -0.05) is 0 Å². The predicted octanol–water partition coefficient (Wildman–Crippen LogP) is 2.01. The highest BCUT2D eigenvalue weighted by Gasteiger charge is 2.40. The lowest BCUT2D eigenvalue weighted by molar-refractivity contribution is -0.157. The van der Waals surface area contributed by atoms with Crippen LogP contribution in [0.15, 0.2) is 0 Å². The van der Waals surface area contributed by atoms with E-state index in [0.717, 1.165) is 0 Å². The Kier molecular flexibility index (Phi) is 5.55. The zero-order chi connectivity index (χ0) is 16.4. The average molecular weight is 318 g/mol. The van der Waals surface area contributed by atoms with E-state index in [0.29, 0.717) is 6.42 Å². The fourth-order valence-corrected chi connectivity index (χ4v) is 2.34. The first-order valence-corrected chi connectivity index (χ1v) is 7.95. The molecule has 1 amide bonds. The molecule has 1 rings (SSSR count). The molecule has 0 aromatic heterocycles. The fraction of sp³-hybridized carbons (Fsp3) is 0.857. The molecular formula is C14H26N2O4S. The van der Waals surface area contributed by atoms with E-state index in [1.165, 1.54) is 0 Å². The largest absolute Gasteiger partial charge is 0.458 e.